The van der Waals surface area contributed by atoms with Crippen molar-refractivity contribution in [1.82, 2.24) is 0 Å². The molecule has 0 spiro atoms. The SMILES string of the molecule is CCOc1ccc(F)c2c1B(O)OC2C[N+](=O)[O-]. The van der Waals surface area contributed by atoms with E-state index < -0.39 is 30.5 Å². The van der Waals surface area contributed by atoms with Crippen LogP contribution in [0.4, 0.5) is 4.39 Å². The third kappa shape index (κ3) is 2.16. The van der Waals surface area contributed by atoms with E-state index in [2.05, 4.69) is 0 Å². The first kappa shape index (κ1) is 12.8. The van der Waals surface area contributed by atoms with Crippen molar-refractivity contribution in [3.05, 3.63) is 33.6 Å². The fourth-order valence-corrected chi connectivity index (χ4v) is 2.01. The van der Waals surface area contributed by atoms with Crippen molar-refractivity contribution in [2.75, 3.05) is 13.2 Å². The molecule has 0 bridgehead atoms. The first-order valence-corrected chi connectivity index (χ1v) is 5.45. The second-order valence-corrected chi connectivity index (χ2v) is 3.80. The number of halogens is 1. The van der Waals surface area contributed by atoms with E-state index in [1.54, 1.807) is 6.92 Å². The summed E-state index contributed by atoms with van der Waals surface area (Å²) in [5.74, 6) is -0.357. The van der Waals surface area contributed by atoms with Crippen LogP contribution < -0.4 is 10.2 Å². The Kier molecular flexibility index (Phi) is 3.49. The Morgan fingerprint density at radius 3 is 3.00 bits per heavy atom. The molecule has 1 atom stereocenters. The average Bonchev–Trinajstić information content (AvgIpc) is 2.60. The van der Waals surface area contributed by atoms with Crippen molar-refractivity contribution in [2.45, 2.75) is 13.0 Å². The number of nitro groups is 1. The van der Waals surface area contributed by atoms with Gasteiger partial charge >= 0.3 is 7.12 Å². The van der Waals surface area contributed by atoms with Crippen molar-refractivity contribution in [3.63, 3.8) is 0 Å². The molecule has 1 aromatic carbocycles. The van der Waals surface area contributed by atoms with Gasteiger partial charge in [-0.1, -0.05) is 0 Å². The first-order valence-electron chi connectivity index (χ1n) is 5.45. The Hall–Kier alpha value is -1.67. The van der Waals surface area contributed by atoms with E-state index in [0.717, 1.165) is 6.07 Å². The van der Waals surface area contributed by atoms with Crippen LogP contribution in [0.5, 0.6) is 5.75 Å². The predicted molar refractivity (Wildman–Crippen MR) is 60.9 cm³/mol. The molecule has 0 saturated heterocycles. The van der Waals surface area contributed by atoms with Crippen molar-refractivity contribution in [2.24, 2.45) is 0 Å². The molecule has 1 aliphatic rings. The quantitative estimate of drug-likeness (QED) is 0.474. The highest BCUT2D eigenvalue weighted by Crippen LogP contribution is 2.30. The molecule has 1 aliphatic heterocycles. The van der Waals surface area contributed by atoms with Crippen LogP contribution in [0.3, 0.4) is 0 Å². The summed E-state index contributed by atoms with van der Waals surface area (Å²) in [6, 6.07) is 2.52. The second-order valence-electron chi connectivity index (χ2n) is 3.80. The van der Waals surface area contributed by atoms with E-state index in [1.165, 1.54) is 6.07 Å². The van der Waals surface area contributed by atoms with Gasteiger partial charge in [-0.25, -0.2) is 4.39 Å². The maximum atomic E-state index is 13.7. The zero-order valence-electron chi connectivity index (χ0n) is 9.63. The molecular formula is C10H11BFNO5. The van der Waals surface area contributed by atoms with Gasteiger partial charge in [0, 0.05) is 15.9 Å². The van der Waals surface area contributed by atoms with E-state index in [0.29, 0.717) is 6.61 Å². The van der Waals surface area contributed by atoms with Crippen LogP contribution in [0.1, 0.15) is 18.6 Å². The minimum absolute atomic E-state index is 0.00477. The molecule has 1 heterocycles. The summed E-state index contributed by atoms with van der Waals surface area (Å²) in [6.45, 7) is 1.48. The fraction of sp³-hybridized carbons (Fsp3) is 0.400. The molecule has 0 amide bonds. The summed E-state index contributed by atoms with van der Waals surface area (Å²) in [5.41, 5.74) is 0.147. The van der Waals surface area contributed by atoms with Gasteiger partial charge in [0.1, 0.15) is 17.7 Å². The summed E-state index contributed by atoms with van der Waals surface area (Å²) >= 11 is 0. The van der Waals surface area contributed by atoms with Gasteiger partial charge in [0.25, 0.3) is 0 Å². The van der Waals surface area contributed by atoms with Crippen LogP contribution in [-0.2, 0) is 4.65 Å². The average molecular weight is 255 g/mol. The maximum Gasteiger partial charge on any atom is 0.496 e. The molecule has 6 nitrogen and oxygen atoms in total. The van der Waals surface area contributed by atoms with Gasteiger partial charge in [-0.15, -0.1) is 0 Å². The maximum absolute atomic E-state index is 13.7. The highest BCUT2D eigenvalue weighted by molar-refractivity contribution is 6.62. The van der Waals surface area contributed by atoms with Crippen LogP contribution in [0.25, 0.3) is 0 Å². The molecule has 0 aliphatic carbocycles. The number of fused-ring (bicyclic) bond motifs is 1. The summed E-state index contributed by atoms with van der Waals surface area (Å²) in [7, 11) is -1.40. The molecule has 2 rings (SSSR count). The van der Waals surface area contributed by atoms with Crippen molar-refractivity contribution < 1.29 is 23.7 Å². The lowest BCUT2D eigenvalue weighted by atomic mass is 9.78. The van der Waals surface area contributed by atoms with E-state index in [9.17, 15) is 19.5 Å². The van der Waals surface area contributed by atoms with Gasteiger partial charge < -0.3 is 14.4 Å². The van der Waals surface area contributed by atoms with Crippen molar-refractivity contribution >= 4 is 12.6 Å². The smallest absolute Gasteiger partial charge is 0.494 e. The Morgan fingerprint density at radius 1 is 1.67 bits per heavy atom. The molecule has 0 fully saturated rings. The lowest BCUT2D eigenvalue weighted by Crippen LogP contribution is -2.30. The Balaban J connectivity index is 2.45. The van der Waals surface area contributed by atoms with E-state index in [1.807, 2.05) is 0 Å². The molecule has 96 valence electrons. The largest absolute Gasteiger partial charge is 0.496 e. The number of hydrogen-bond donors (Lipinski definition) is 1. The number of benzene rings is 1. The van der Waals surface area contributed by atoms with E-state index in [4.69, 9.17) is 9.39 Å². The molecule has 18 heavy (non-hydrogen) atoms. The second kappa shape index (κ2) is 4.91. The molecule has 8 heteroatoms. The molecule has 0 saturated carbocycles. The van der Waals surface area contributed by atoms with Crippen molar-refractivity contribution in [1.29, 1.82) is 0 Å². The van der Waals surface area contributed by atoms with Gasteiger partial charge in [-0.05, 0) is 19.1 Å². The Morgan fingerprint density at radius 2 is 2.39 bits per heavy atom. The summed E-state index contributed by atoms with van der Waals surface area (Å²) in [6.07, 6.45) is -1.09. The molecule has 1 aromatic rings. The van der Waals surface area contributed by atoms with Crippen LogP contribution >= 0.6 is 0 Å². The molecule has 1 unspecified atom stereocenters. The van der Waals surface area contributed by atoms with Crippen LogP contribution in [-0.4, -0.2) is 30.2 Å². The van der Waals surface area contributed by atoms with Crippen molar-refractivity contribution in [3.8, 4) is 5.75 Å². The lowest BCUT2D eigenvalue weighted by molar-refractivity contribution is -0.490. The van der Waals surface area contributed by atoms with E-state index >= 15 is 0 Å². The van der Waals surface area contributed by atoms with Gasteiger partial charge in [-0.2, -0.15) is 0 Å². The number of rotatable bonds is 4. The van der Waals surface area contributed by atoms with Gasteiger partial charge in [0.2, 0.25) is 6.54 Å². The number of ether oxygens (including phenoxy) is 1. The van der Waals surface area contributed by atoms with Crippen LogP contribution in [0.15, 0.2) is 12.1 Å². The standard InChI is InChI=1S/C10H11BFNO5/c1-2-17-7-4-3-6(12)9-8(5-13(15)16)18-11(14)10(7)9/h3-4,8,14H,2,5H2,1H3. The van der Waals surface area contributed by atoms with E-state index in [-0.39, 0.29) is 16.8 Å². The third-order valence-electron chi connectivity index (χ3n) is 2.67. The predicted octanol–water partition coefficient (Wildman–Crippen LogP) is 0.260. The summed E-state index contributed by atoms with van der Waals surface area (Å²) < 4.78 is 24.0. The summed E-state index contributed by atoms with van der Waals surface area (Å²) in [5, 5.41) is 20.2. The third-order valence-corrected chi connectivity index (χ3v) is 2.67. The number of hydrogen-bond acceptors (Lipinski definition) is 5. The van der Waals surface area contributed by atoms with Crippen LogP contribution in [0, 0.1) is 15.9 Å². The van der Waals surface area contributed by atoms with Gasteiger partial charge in [0.05, 0.1) is 6.61 Å². The minimum atomic E-state index is -1.40. The monoisotopic (exact) mass is 255 g/mol. The molecule has 1 N–H and O–H groups in total. The molecule has 0 aromatic heterocycles. The molecular weight excluding hydrogens is 244 g/mol. The first-order chi connectivity index (χ1) is 8.54. The van der Waals surface area contributed by atoms with Gasteiger partial charge in [0.15, 0.2) is 0 Å². The normalized spacial score (nSPS) is 17.7. The Bertz CT molecular complexity index is 484. The zero-order chi connectivity index (χ0) is 13.3. The molecule has 0 radical (unpaired) electrons. The lowest BCUT2D eigenvalue weighted by Gasteiger charge is -2.10. The van der Waals surface area contributed by atoms with Crippen LogP contribution in [0.2, 0.25) is 0 Å². The topological polar surface area (TPSA) is 81.8 Å². The minimum Gasteiger partial charge on any atom is -0.494 e. The summed E-state index contributed by atoms with van der Waals surface area (Å²) in [4.78, 5) is 9.87. The highest BCUT2D eigenvalue weighted by Gasteiger charge is 2.42. The highest BCUT2D eigenvalue weighted by atomic mass is 19.1. The zero-order valence-corrected chi connectivity index (χ0v) is 9.63. The van der Waals surface area contributed by atoms with Gasteiger partial charge in [-0.3, -0.25) is 10.1 Å². The fourth-order valence-electron chi connectivity index (χ4n) is 2.01. The Labute approximate surface area is 103 Å². The number of nitrogens with zero attached hydrogens (tertiary/aromatic N) is 1.